The summed E-state index contributed by atoms with van der Waals surface area (Å²) in [6.07, 6.45) is 0. The molecule has 0 radical (unpaired) electrons. The number of benzene rings is 1. The number of thioether (sulfide) groups is 1. The van der Waals surface area contributed by atoms with E-state index in [1.165, 1.54) is 16.9 Å². The molecule has 1 aromatic rings. The van der Waals surface area contributed by atoms with Gasteiger partial charge in [-0.2, -0.15) is 11.8 Å². The second-order valence-corrected chi connectivity index (χ2v) is 6.03. The van der Waals surface area contributed by atoms with Gasteiger partial charge in [0.15, 0.2) is 0 Å². The van der Waals surface area contributed by atoms with Crippen LogP contribution in [0.3, 0.4) is 0 Å². The van der Waals surface area contributed by atoms with Gasteiger partial charge in [0.2, 0.25) is 0 Å². The second kappa shape index (κ2) is 5.78. The number of ether oxygens (including phenoxy) is 1. The fourth-order valence-corrected chi connectivity index (χ4v) is 3.27. The molecule has 3 heteroatoms. The third-order valence-electron chi connectivity index (χ3n) is 3.20. The topological polar surface area (TPSA) is 21.3 Å². The second-order valence-electron chi connectivity index (χ2n) is 4.72. The number of methoxy groups -OCH3 is 1. The third-order valence-corrected chi connectivity index (χ3v) is 4.46. The molecule has 2 nitrogen and oxygen atoms in total. The highest BCUT2D eigenvalue weighted by molar-refractivity contribution is 7.99. The van der Waals surface area contributed by atoms with Gasteiger partial charge in [-0.05, 0) is 17.5 Å². The summed E-state index contributed by atoms with van der Waals surface area (Å²) < 4.78 is 5.55. The zero-order chi connectivity index (χ0) is 12.3. The molecular formula is C14H21NOS. The van der Waals surface area contributed by atoms with Gasteiger partial charge in [-0.15, -0.1) is 0 Å². The van der Waals surface area contributed by atoms with Crippen molar-refractivity contribution in [1.82, 2.24) is 5.32 Å². The number of hydrogen-bond donors (Lipinski definition) is 1. The summed E-state index contributed by atoms with van der Waals surface area (Å²) in [5, 5.41) is 3.97. The molecule has 1 saturated heterocycles. The van der Waals surface area contributed by atoms with Crippen LogP contribution in [0.1, 0.15) is 36.1 Å². The summed E-state index contributed by atoms with van der Waals surface area (Å²) in [6, 6.07) is 6.66. The highest BCUT2D eigenvalue weighted by Crippen LogP contribution is 2.37. The Morgan fingerprint density at radius 3 is 2.82 bits per heavy atom. The van der Waals surface area contributed by atoms with E-state index in [0.29, 0.717) is 11.2 Å². The Morgan fingerprint density at radius 2 is 2.24 bits per heavy atom. The Labute approximate surface area is 108 Å². The summed E-state index contributed by atoms with van der Waals surface area (Å²) in [5.41, 5.74) is 2.67. The minimum absolute atomic E-state index is 0.528. The molecule has 0 aliphatic carbocycles. The molecule has 94 valence electrons. The van der Waals surface area contributed by atoms with E-state index >= 15 is 0 Å². The lowest BCUT2D eigenvalue weighted by Crippen LogP contribution is -2.28. The molecule has 17 heavy (non-hydrogen) atoms. The van der Waals surface area contributed by atoms with Gasteiger partial charge in [-0.3, -0.25) is 0 Å². The molecule has 0 aromatic heterocycles. The predicted molar refractivity (Wildman–Crippen MR) is 75.2 cm³/mol. The van der Waals surface area contributed by atoms with E-state index in [0.717, 1.165) is 18.8 Å². The van der Waals surface area contributed by atoms with Crippen LogP contribution in [-0.2, 0) is 0 Å². The van der Waals surface area contributed by atoms with Crippen molar-refractivity contribution in [2.24, 2.45) is 0 Å². The molecule has 1 aromatic carbocycles. The van der Waals surface area contributed by atoms with E-state index in [4.69, 9.17) is 4.74 Å². The van der Waals surface area contributed by atoms with Crippen molar-refractivity contribution in [3.8, 4) is 5.75 Å². The highest BCUT2D eigenvalue weighted by atomic mass is 32.2. The fraction of sp³-hybridized carbons (Fsp3) is 0.571. The molecule has 1 atom stereocenters. The van der Waals surface area contributed by atoms with Crippen molar-refractivity contribution in [3.63, 3.8) is 0 Å². The van der Waals surface area contributed by atoms with Gasteiger partial charge in [0.05, 0.1) is 7.11 Å². The van der Waals surface area contributed by atoms with Crippen molar-refractivity contribution in [2.75, 3.05) is 26.0 Å². The first-order valence-corrected chi connectivity index (χ1v) is 7.27. The smallest absolute Gasteiger partial charge is 0.123 e. The normalized spacial score (nSPS) is 20.6. The highest BCUT2D eigenvalue weighted by Gasteiger charge is 2.19. The van der Waals surface area contributed by atoms with Crippen LogP contribution in [0, 0.1) is 0 Å². The zero-order valence-corrected chi connectivity index (χ0v) is 11.6. The minimum Gasteiger partial charge on any atom is -0.496 e. The van der Waals surface area contributed by atoms with Gasteiger partial charge in [0, 0.05) is 29.7 Å². The van der Waals surface area contributed by atoms with Crippen LogP contribution in [-0.4, -0.2) is 26.0 Å². The van der Waals surface area contributed by atoms with Crippen LogP contribution in [0.4, 0.5) is 0 Å². The Bertz CT molecular complexity index is 372. The largest absolute Gasteiger partial charge is 0.496 e. The first-order valence-electron chi connectivity index (χ1n) is 6.22. The Morgan fingerprint density at radius 1 is 1.41 bits per heavy atom. The maximum absolute atomic E-state index is 5.55. The lowest BCUT2D eigenvalue weighted by Gasteiger charge is -2.25. The van der Waals surface area contributed by atoms with Crippen molar-refractivity contribution in [3.05, 3.63) is 29.3 Å². The number of rotatable bonds is 3. The van der Waals surface area contributed by atoms with E-state index in [1.54, 1.807) is 7.11 Å². The molecule has 2 rings (SSSR count). The van der Waals surface area contributed by atoms with Gasteiger partial charge in [0.25, 0.3) is 0 Å². The lowest BCUT2D eigenvalue weighted by atomic mass is 9.99. The SMILES string of the molecule is COc1cc(C(C)C)ccc1C1CNCCS1. The van der Waals surface area contributed by atoms with Gasteiger partial charge in [0.1, 0.15) is 5.75 Å². The quantitative estimate of drug-likeness (QED) is 0.891. The molecule has 1 N–H and O–H groups in total. The average Bonchev–Trinajstić information content (AvgIpc) is 2.39. The van der Waals surface area contributed by atoms with E-state index in [2.05, 4.69) is 37.4 Å². The number of hydrogen-bond acceptors (Lipinski definition) is 3. The summed E-state index contributed by atoms with van der Waals surface area (Å²) in [7, 11) is 1.77. The molecule has 1 aliphatic rings. The maximum Gasteiger partial charge on any atom is 0.123 e. The minimum atomic E-state index is 0.528. The van der Waals surface area contributed by atoms with Gasteiger partial charge < -0.3 is 10.1 Å². The van der Waals surface area contributed by atoms with Crippen molar-refractivity contribution in [2.45, 2.75) is 25.0 Å². The van der Waals surface area contributed by atoms with Crippen LogP contribution in [0.15, 0.2) is 18.2 Å². The van der Waals surface area contributed by atoms with Crippen LogP contribution in [0.25, 0.3) is 0 Å². The molecule has 0 saturated carbocycles. The third kappa shape index (κ3) is 2.96. The van der Waals surface area contributed by atoms with Crippen LogP contribution < -0.4 is 10.1 Å². The van der Waals surface area contributed by atoms with Crippen molar-refractivity contribution < 1.29 is 4.74 Å². The number of nitrogens with one attached hydrogen (secondary N) is 1. The predicted octanol–water partition coefficient (Wildman–Crippen LogP) is 3.20. The first-order chi connectivity index (χ1) is 8.22. The Hall–Kier alpha value is -0.670. The van der Waals surface area contributed by atoms with Crippen LogP contribution in [0.5, 0.6) is 5.75 Å². The molecular weight excluding hydrogens is 230 g/mol. The van der Waals surface area contributed by atoms with Gasteiger partial charge in [-0.25, -0.2) is 0 Å². The van der Waals surface area contributed by atoms with Crippen molar-refractivity contribution >= 4 is 11.8 Å². The molecule has 1 heterocycles. The average molecular weight is 251 g/mol. The molecule has 0 spiro atoms. The molecule has 1 aliphatic heterocycles. The van der Waals surface area contributed by atoms with Crippen LogP contribution >= 0.6 is 11.8 Å². The Balaban J connectivity index is 2.26. The molecule has 1 unspecified atom stereocenters. The fourth-order valence-electron chi connectivity index (χ4n) is 2.12. The molecule has 1 fully saturated rings. The summed E-state index contributed by atoms with van der Waals surface area (Å²) in [5.74, 6) is 2.77. The van der Waals surface area contributed by atoms with E-state index in [-0.39, 0.29) is 0 Å². The Kier molecular flexibility index (Phi) is 4.35. The maximum atomic E-state index is 5.55. The van der Waals surface area contributed by atoms with Crippen LogP contribution in [0.2, 0.25) is 0 Å². The molecule has 0 bridgehead atoms. The van der Waals surface area contributed by atoms with Crippen molar-refractivity contribution in [1.29, 1.82) is 0 Å². The molecule has 0 amide bonds. The summed E-state index contributed by atoms with van der Waals surface area (Å²) >= 11 is 2.02. The van der Waals surface area contributed by atoms with Gasteiger partial charge >= 0.3 is 0 Å². The summed E-state index contributed by atoms with van der Waals surface area (Å²) in [6.45, 7) is 6.59. The van der Waals surface area contributed by atoms with E-state index in [9.17, 15) is 0 Å². The van der Waals surface area contributed by atoms with Gasteiger partial charge in [-0.1, -0.05) is 26.0 Å². The monoisotopic (exact) mass is 251 g/mol. The lowest BCUT2D eigenvalue weighted by molar-refractivity contribution is 0.407. The summed E-state index contributed by atoms with van der Waals surface area (Å²) in [4.78, 5) is 0. The standard InChI is InChI=1S/C14H21NOS/c1-10(2)11-4-5-12(13(8-11)16-3)14-9-15-6-7-17-14/h4-5,8,10,14-15H,6-7,9H2,1-3H3. The zero-order valence-electron chi connectivity index (χ0n) is 10.8. The first kappa shape index (κ1) is 12.8. The van der Waals surface area contributed by atoms with E-state index < -0.39 is 0 Å². The van der Waals surface area contributed by atoms with E-state index in [1.807, 2.05) is 11.8 Å².